The van der Waals surface area contributed by atoms with Crippen LogP contribution in [0, 0.1) is 5.82 Å². The van der Waals surface area contributed by atoms with Crippen molar-refractivity contribution in [3.63, 3.8) is 0 Å². The first kappa shape index (κ1) is 12.4. The van der Waals surface area contributed by atoms with E-state index >= 15 is 0 Å². The Hall–Kier alpha value is -1.66. The highest BCUT2D eigenvalue weighted by Gasteiger charge is 2.11. The van der Waals surface area contributed by atoms with E-state index in [0.29, 0.717) is 15.4 Å². The second kappa shape index (κ2) is 4.79. The number of nitrogens with two attached hydrogens (primary N) is 1. The number of nitrogens with zero attached hydrogens (tertiary/aromatic N) is 1. The lowest BCUT2D eigenvalue weighted by atomic mass is 10.3. The summed E-state index contributed by atoms with van der Waals surface area (Å²) < 4.78 is 20.3. The van der Waals surface area contributed by atoms with E-state index in [-0.39, 0.29) is 5.75 Å². The Balaban J connectivity index is 1.98. The van der Waals surface area contributed by atoms with Crippen molar-refractivity contribution in [3.8, 4) is 10.9 Å². The van der Waals surface area contributed by atoms with Crippen LogP contribution in [0.2, 0.25) is 0 Å². The average Bonchev–Trinajstić information content (AvgIpc) is 2.78. The van der Waals surface area contributed by atoms with Crippen LogP contribution in [0.15, 0.2) is 40.9 Å². The normalized spacial score (nSPS) is 10.8. The summed E-state index contributed by atoms with van der Waals surface area (Å²) in [6.45, 7) is 0. The van der Waals surface area contributed by atoms with E-state index in [1.54, 1.807) is 0 Å². The lowest BCUT2D eigenvalue weighted by Gasteiger charge is -2.06. The first-order chi connectivity index (χ1) is 9.13. The number of nitrogen functional groups attached to an aromatic ring is 1. The number of benzene rings is 2. The van der Waals surface area contributed by atoms with Gasteiger partial charge in [0.25, 0.3) is 5.19 Å². The second-order valence-electron chi connectivity index (χ2n) is 3.85. The number of ether oxygens (including phenoxy) is 1. The Labute approximate surface area is 121 Å². The summed E-state index contributed by atoms with van der Waals surface area (Å²) >= 11 is 4.46. The van der Waals surface area contributed by atoms with Gasteiger partial charge in [0.15, 0.2) is 5.75 Å². The van der Waals surface area contributed by atoms with Crippen molar-refractivity contribution in [2.75, 3.05) is 5.73 Å². The molecule has 1 heterocycles. The lowest BCUT2D eigenvalue weighted by Crippen LogP contribution is -1.93. The van der Waals surface area contributed by atoms with Crippen molar-refractivity contribution in [1.82, 2.24) is 4.98 Å². The van der Waals surface area contributed by atoms with Crippen molar-refractivity contribution >= 4 is 43.2 Å². The van der Waals surface area contributed by atoms with Crippen molar-refractivity contribution in [2.45, 2.75) is 0 Å². The van der Waals surface area contributed by atoms with E-state index in [2.05, 4.69) is 20.9 Å². The number of para-hydroxylation sites is 1. The molecule has 19 heavy (non-hydrogen) atoms. The molecule has 0 amide bonds. The van der Waals surface area contributed by atoms with Crippen LogP contribution < -0.4 is 10.5 Å². The Morgan fingerprint density at radius 1 is 1.26 bits per heavy atom. The number of fused-ring (bicyclic) bond motifs is 1. The fourth-order valence-corrected chi connectivity index (χ4v) is 2.81. The maximum atomic E-state index is 13.5. The number of aromatic nitrogens is 1. The van der Waals surface area contributed by atoms with E-state index in [9.17, 15) is 4.39 Å². The summed E-state index contributed by atoms with van der Waals surface area (Å²) in [5.41, 5.74) is 6.99. The lowest BCUT2D eigenvalue weighted by molar-refractivity contribution is 0.476. The fourth-order valence-electron chi connectivity index (χ4n) is 1.62. The molecule has 0 saturated carbocycles. The van der Waals surface area contributed by atoms with Crippen LogP contribution in [-0.4, -0.2) is 4.98 Å². The SMILES string of the molecule is Nc1cc(Br)c(F)cc1Oc1nc2ccccc2s1. The Morgan fingerprint density at radius 3 is 2.84 bits per heavy atom. The smallest absolute Gasteiger partial charge is 0.279 e. The molecule has 6 heteroatoms. The minimum atomic E-state index is -0.426. The first-order valence-electron chi connectivity index (χ1n) is 5.41. The van der Waals surface area contributed by atoms with E-state index in [1.165, 1.54) is 23.5 Å². The third kappa shape index (κ3) is 2.41. The van der Waals surface area contributed by atoms with Crippen molar-refractivity contribution in [3.05, 3.63) is 46.7 Å². The molecule has 0 fully saturated rings. The van der Waals surface area contributed by atoms with Gasteiger partial charge in [-0.3, -0.25) is 0 Å². The molecule has 0 aliphatic carbocycles. The molecule has 0 aliphatic rings. The van der Waals surface area contributed by atoms with Gasteiger partial charge in [-0.25, -0.2) is 9.37 Å². The van der Waals surface area contributed by atoms with Crippen molar-refractivity contribution in [1.29, 1.82) is 0 Å². The zero-order valence-corrected chi connectivity index (χ0v) is 12.0. The van der Waals surface area contributed by atoms with E-state index in [1.807, 2.05) is 24.3 Å². The second-order valence-corrected chi connectivity index (χ2v) is 5.70. The Bertz CT molecular complexity index is 726. The summed E-state index contributed by atoms with van der Waals surface area (Å²) in [5.74, 6) is -0.162. The predicted molar refractivity (Wildman–Crippen MR) is 78.2 cm³/mol. The zero-order chi connectivity index (χ0) is 13.4. The van der Waals surface area contributed by atoms with Gasteiger partial charge in [-0.15, -0.1) is 0 Å². The molecule has 0 spiro atoms. The topological polar surface area (TPSA) is 48.1 Å². The van der Waals surface area contributed by atoms with Crippen LogP contribution in [-0.2, 0) is 0 Å². The Kier molecular flexibility index (Phi) is 3.12. The standard InChI is InChI=1S/C13H8BrFN2OS/c14-7-5-9(16)11(6-8(7)15)18-13-17-10-3-1-2-4-12(10)19-13/h1-6H,16H2. The quantitative estimate of drug-likeness (QED) is 0.696. The predicted octanol–water partition coefficient (Wildman–Crippen LogP) is 4.57. The van der Waals surface area contributed by atoms with Crippen LogP contribution >= 0.6 is 27.3 Å². The van der Waals surface area contributed by atoms with Gasteiger partial charge in [0, 0.05) is 6.07 Å². The summed E-state index contributed by atoms with van der Waals surface area (Å²) in [6.07, 6.45) is 0. The third-order valence-corrected chi connectivity index (χ3v) is 4.05. The van der Waals surface area contributed by atoms with Gasteiger partial charge in [-0.2, -0.15) is 0 Å². The molecule has 1 aromatic heterocycles. The van der Waals surface area contributed by atoms with E-state index in [0.717, 1.165) is 10.2 Å². The van der Waals surface area contributed by atoms with Crippen LogP contribution in [0.3, 0.4) is 0 Å². The molecular weight excluding hydrogens is 331 g/mol. The molecule has 0 unspecified atom stereocenters. The third-order valence-electron chi connectivity index (χ3n) is 2.52. The average molecular weight is 339 g/mol. The summed E-state index contributed by atoms with van der Waals surface area (Å²) in [4.78, 5) is 4.31. The molecular formula is C13H8BrFN2OS. The molecule has 0 saturated heterocycles. The van der Waals surface area contributed by atoms with Crippen molar-refractivity contribution in [2.24, 2.45) is 0 Å². The maximum Gasteiger partial charge on any atom is 0.279 e. The molecule has 0 aliphatic heterocycles. The van der Waals surface area contributed by atoms with Gasteiger partial charge in [-0.1, -0.05) is 23.5 Å². The number of halogens is 2. The summed E-state index contributed by atoms with van der Waals surface area (Å²) in [5, 5.41) is 0.439. The molecule has 0 bridgehead atoms. The highest BCUT2D eigenvalue weighted by Crippen LogP contribution is 2.35. The highest BCUT2D eigenvalue weighted by atomic mass is 79.9. The van der Waals surface area contributed by atoms with Crippen LogP contribution in [0.4, 0.5) is 10.1 Å². The van der Waals surface area contributed by atoms with Gasteiger partial charge >= 0.3 is 0 Å². The molecule has 3 nitrogen and oxygen atoms in total. The largest absolute Gasteiger partial charge is 0.429 e. The minimum Gasteiger partial charge on any atom is -0.429 e. The number of anilines is 1. The van der Waals surface area contributed by atoms with Gasteiger partial charge in [0.1, 0.15) is 5.82 Å². The number of hydrogen-bond acceptors (Lipinski definition) is 4. The van der Waals surface area contributed by atoms with Crippen LogP contribution in [0.1, 0.15) is 0 Å². The number of rotatable bonds is 2. The van der Waals surface area contributed by atoms with Gasteiger partial charge in [-0.05, 0) is 34.1 Å². The monoisotopic (exact) mass is 338 g/mol. The zero-order valence-electron chi connectivity index (χ0n) is 9.56. The molecule has 3 rings (SSSR count). The van der Waals surface area contributed by atoms with Gasteiger partial charge in [0.2, 0.25) is 0 Å². The minimum absolute atomic E-state index is 0.264. The molecule has 2 N–H and O–H groups in total. The van der Waals surface area contributed by atoms with Crippen LogP contribution in [0.5, 0.6) is 10.9 Å². The molecule has 2 aromatic carbocycles. The van der Waals surface area contributed by atoms with Crippen LogP contribution in [0.25, 0.3) is 10.2 Å². The van der Waals surface area contributed by atoms with Gasteiger partial charge in [0.05, 0.1) is 20.4 Å². The summed E-state index contributed by atoms with van der Waals surface area (Å²) in [7, 11) is 0. The Morgan fingerprint density at radius 2 is 2.05 bits per heavy atom. The van der Waals surface area contributed by atoms with Gasteiger partial charge < -0.3 is 10.5 Å². The molecule has 0 radical (unpaired) electrons. The van der Waals surface area contributed by atoms with E-state index < -0.39 is 5.82 Å². The molecule has 96 valence electrons. The maximum absolute atomic E-state index is 13.5. The first-order valence-corrected chi connectivity index (χ1v) is 7.02. The van der Waals surface area contributed by atoms with Crippen molar-refractivity contribution < 1.29 is 9.13 Å². The molecule has 0 atom stereocenters. The number of hydrogen-bond donors (Lipinski definition) is 1. The number of thiazole rings is 1. The van der Waals surface area contributed by atoms with E-state index in [4.69, 9.17) is 10.5 Å². The summed E-state index contributed by atoms with van der Waals surface area (Å²) in [6, 6.07) is 10.4. The highest BCUT2D eigenvalue weighted by molar-refractivity contribution is 9.10. The molecule has 3 aromatic rings. The fraction of sp³-hybridized carbons (Fsp3) is 0.